The molecule has 0 radical (unpaired) electrons. The molecular formula is C63H42N4SSi. The maximum absolute atomic E-state index is 9.86. The lowest BCUT2D eigenvalue weighted by Crippen LogP contribution is -2.74. The van der Waals surface area contributed by atoms with E-state index < -0.39 is 208 Å². The molecule has 13 aromatic rings. The first-order chi connectivity index (χ1) is 43.8. The molecule has 10 aromatic carbocycles. The van der Waals surface area contributed by atoms with E-state index in [2.05, 4.69) is 0 Å². The number of fused-ring (bicyclic) bond motifs is 6. The van der Waals surface area contributed by atoms with Crippen LogP contribution in [0.25, 0.3) is 93.0 Å². The van der Waals surface area contributed by atoms with Crippen LogP contribution in [0.1, 0.15) is 31.5 Å². The third kappa shape index (κ3) is 6.83. The molecule has 3 aromatic heterocycles. The summed E-state index contributed by atoms with van der Waals surface area (Å²) in [6.45, 7) is 0. The molecule has 0 amide bonds. The smallest absolute Gasteiger partial charge is 0.179 e. The molecule has 0 saturated heterocycles. The van der Waals surface area contributed by atoms with Gasteiger partial charge in [0.15, 0.2) is 25.5 Å². The summed E-state index contributed by atoms with van der Waals surface area (Å²) in [5, 5.41) is 2.40. The number of benzene rings is 10. The van der Waals surface area contributed by atoms with Gasteiger partial charge in [0.1, 0.15) is 0 Å². The van der Waals surface area contributed by atoms with Crippen molar-refractivity contribution >= 4 is 82.1 Å². The van der Waals surface area contributed by atoms with Gasteiger partial charge in [-0.25, -0.2) is 15.0 Å². The van der Waals surface area contributed by atoms with Gasteiger partial charge in [0, 0.05) is 47.6 Å². The zero-order valence-electron chi connectivity index (χ0n) is 58.7. The largest absolute Gasteiger partial charge is 0.309 e. The van der Waals surface area contributed by atoms with Gasteiger partial charge in [-0.05, 0) is 68.1 Å². The normalized spacial score (nSPS) is 16.4. The van der Waals surface area contributed by atoms with E-state index in [-0.39, 0.29) is 31.6 Å². The Labute approximate surface area is 437 Å². The molecule has 13 rings (SSSR count). The van der Waals surface area contributed by atoms with Crippen LogP contribution in [-0.4, -0.2) is 27.6 Å². The number of thiophene rings is 1. The van der Waals surface area contributed by atoms with Crippen LogP contribution in [0.5, 0.6) is 0 Å². The van der Waals surface area contributed by atoms with Crippen molar-refractivity contribution in [2.75, 3.05) is 0 Å². The minimum Gasteiger partial charge on any atom is -0.309 e. The zero-order valence-corrected chi connectivity index (χ0v) is 37.5. The highest BCUT2D eigenvalue weighted by molar-refractivity contribution is 7.25. The first-order valence-corrected chi connectivity index (χ1v) is 24.3. The third-order valence-corrected chi connectivity index (χ3v) is 17.8. The summed E-state index contributed by atoms with van der Waals surface area (Å²) in [5.41, 5.74) is -4.02. The molecular weight excluding hydrogens is 873 g/mol. The number of aromatic nitrogens is 4. The van der Waals surface area contributed by atoms with Gasteiger partial charge in [-0.3, -0.25) is 0 Å². The van der Waals surface area contributed by atoms with Gasteiger partial charge in [-0.1, -0.05) is 218 Å². The van der Waals surface area contributed by atoms with Crippen molar-refractivity contribution in [1.82, 2.24) is 19.5 Å². The van der Waals surface area contributed by atoms with Crippen LogP contribution < -0.4 is 20.7 Å². The monoisotopic (exact) mass is 937 g/mol. The molecule has 0 N–H and O–H groups in total. The Balaban J connectivity index is 1.21. The lowest BCUT2D eigenvalue weighted by atomic mass is 9.98. The van der Waals surface area contributed by atoms with E-state index >= 15 is 0 Å². The number of rotatable bonds is 9. The topological polar surface area (TPSA) is 43.6 Å². The van der Waals surface area contributed by atoms with Crippen LogP contribution in [0.4, 0.5) is 0 Å². The molecule has 69 heavy (non-hydrogen) atoms. The van der Waals surface area contributed by atoms with Gasteiger partial charge >= 0.3 is 0 Å². The molecule has 0 unspecified atom stereocenters. The van der Waals surface area contributed by atoms with E-state index in [4.69, 9.17) is 27.3 Å². The summed E-state index contributed by atoms with van der Waals surface area (Å²) >= 11 is 0.714. The lowest BCUT2D eigenvalue weighted by Gasteiger charge is -2.34. The Hall–Kier alpha value is -8.55. The van der Waals surface area contributed by atoms with Crippen molar-refractivity contribution in [3.8, 4) is 51.0 Å². The van der Waals surface area contributed by atoms with Crippen molar-refractivity contribution in [3.05, 3.63) is 254 Å². The second kappa shape index (κ2) is 17.0. The third-order valence-electron chi connectivity index (χ3n) is 12.0. The van der Waals surface area contributed by atoms with Crippen LogP contribution in [0.2, 0.25) is 0 Å². The number of hydrogen-bond donors (Lipinski definition) is 0. The molecule has 4 nitrogen and oxygen atoms in total. The molecule has 324 valence electrons. The zero-order chi connectivity index (χ0) is 65.7. The predicted octanol–water partition coefficient (Wildman–Crippen LogP) is 13.4. The number of para-hydroxylation sites is 3. The first-order valence-electron chi connectivity index (χ1n) is 33.0. The fraction of sp³-hybridized carbons (Fsp3) is 0. The Morgan fingerprint density at radius 1 is 0.377 bits per heavy atom. The van der Waals surface area contributed by atoms with Crippen LogP contribution >= 0.6 is 11.3 Å². The second-order valence-corrected chi connectivity index (χ2v) is 20.6. The maximum atomic E-state index is 9.86. The average molecular weight is 938 g/mol. The Morgan fingerprint density at radius 3 is 1.52 bits per heavy atom. The van der Waals surface area contributed by atoms with Crippen LogP contribution in [0, 0.1) is 0 Å². The fourth-order valence-electron chi connectivity index (χ4n) is 9.05. The molecule has 0 fully saturated rings. The van der Waals surface area contributed by atoms with Gasteiger partial charge in [-0.15, -0.1) is 11.3 Å². The molecule has 0 aliphatic rings. The van der Waals surface area contributed by atoms with E-state index in [1.807, 2.05) is 103 Å². The van der Waals surface area contributed by atoms with E-state index in [0.29, 0.717) is 11.3 Å². The van der Waals surface area contributed by atoms with Crippen molar-refractivity contribution in [3.63, 3.8) is 0 Å². The Morgan fingerprint density at radius 2 is 0.870 bits per heavy atom. The molecule has 0 aliphatic carbocycles. The summed E-state index contributed by atoms with van der Waals surface area (Å²) in [5.74, 6) is -1.67. The molecule has 6 heteroatoms. The van der Waals surface area contributed by atoms with Gasteiger partial charge in [0.25, 0.3) is 0 Å². The Bertz CT molecular complexity index is 5230. The minimum absolute atomic E-state index is 0.0507. The maximum Gasteiger partial charge on any atom is 0.179 e. The average Bonchev–Trinajstić information content (AvgIpc) is 1.50. The highest BCUT2D eigenvalue weighted by Gasteiger charge is 2.41. The summed E-state index contributed by atoms with van der Waals surface area (Å²) in [6, 6.07) is 18.7. The van der Waals surface area contributed by atoms with Gasteiger partial charge in [0.05, 0.1) is 48.2 Å². The second-order valence-electron chi connectivity index (χ2n) is 15.8. The van der Waals surface area contributed by atoms with E-state index in [9.17, 15) is 19.2 Å². The molecule has 0 aliphatic heterocycles. The predicted molar refractivity (Wildman–Crippen MR) is 292 cm³/mol. The number of hydrogen-bond acceptors (Lipinski definition) is 4. The van der Waals surface area contributed by atoms with E-state index in [1.54, 1.807) is 12.1 Å². The van der Waals surface area contributed by atoms with Crippen molar-refractivity contribution < 1.29 is 31.5 Å². The quantitative estimate of drug-likeness (QED) is 0.107. The SMILES string of the molecule is [2H]c1c([2H])c([2H])c(-c2c([2H])c([2H])c3c(sc4c([2H])c([2H])c([2H])c([2H])c43)c2[2H])c(-c2nc(-c3cccc([Si](c4ccccc4)(c4ccccc4)c4ccccc4)c3)nc(-c3c([2H])c([2H])c([2H])c([2H])c3-n3c4c([2H])c([2H])c([2H])c([2H])c4c4c([2H])c([2H])c([2H])c([2H])c43)n2)c1[2H]. The molecule has 3 heterocycles. The van der Waals surface area contributed by atoms with Gasteiger partial charge < -0.3 is 4.57 Å². The van der Waals surface area contributed by atoms with E-state index in [1.165, 1.54) is 0 Å². The molecule has 0 atom stereocenters. The molecule has 0 bridgehead atoms. The Kier molecular flexibility index (Phi) is 5.76. The summed E-state index contributed by atoms with van der Waals surface area (Å²) in [4.78, 5) is 14.8. The molecule has 0 saturated carbocycles. The van der Waals surface area contributed by atoms with E-state index in [0.717, 1.165) is 25.3 Å². The first kappa shape index (κ1) is 23.4. The van der Waals surface area contributed by atoms with Crippen molar-refractivity contribution in [2.45, 2.75) is 0 Å². The van der Waals surface area contributed by atoms with Crippen molar-refractivity contribution in [2.24, 2.45) is 0 Å². The fourth-order valence-corrected chi connectivity index (χ4v) is 14.8. The van der Waals surface area contributed by atoms with Gasteiger partial charge in [0.2, 0.25) is 0 Å². The standard InChI is InChI=1S/C63H42N4SSi/c1-4-22-45(23-5-1)69(46-24-6-2-7-25-46,47-26-8-3-9-27-47)48-28-20-21-44(41-48)61-64-62(54-33-11-10-29-49(54)43-39-40-53-52-32-15-19-38-59(52)68-60(53)42-43)66-63(65-61)55-34-14-18-37-58(55)67-56-35-16-12-30-50(56)51-31-13-17-36-57(51)67/h1-42H/i10D,11D,12D,13D,14D,15D,16D,17D,18D,19D,29D,30D,31D,32D,33D,34D,35D,36D,37D,38D,39D,40D,42D. The number of nitrogens with zero attached hydrogens (tertiary/aromatic N) is 4. The lowest BCUT2D eigenvalue weighted by molar-refractivity contribution is 1.06. The van der Waals surface area contributed by atoms with Crippen molar-refractivity contribution in [1.29, 1.82) is 0 Å². The summed E-state index contributed by atoms with van der Waals surface area (Å²) in [6.07, 6.45) is 0. The van der Waals surface area contributed by atoms with Crippen LogP contribution in [0.15, 0.2) is 254 Å². The minimum atomic E-state index is -3.44. The highest BCUT2D eigenvalue weighted by atomic mass is 32.1. The molecule has 0 spiro atoms. The van der Waals surface area contributed by atoms with Gasteiger partial charge in [-0.2, -0.15) is 0 Å². The summed E-state index contributed by atoms with van der Waals surface area (Å²) < 4.78 is 212. The van der Waals surface area contributed by atoms with Crippen LogP contribution in [-0.2, 0) is 0 Å². The summed E-state index contributed by atoms with van der Waals surface area (Å²) in [7, 11) is -3.44. The highest BCUT2D eigenvalue weighted by Crippen LogP contribution is 2.40. The van der Waals surface area contributed by atoms with Crippen LogP contribution in [0.3, 0.4) is 0 Å².